The first-order valence-corrected chi connectivity index (χ1v) is 12.5. The highest BCUT2D eigenvalue weighted by Gasteiger charge is 2.35. The van der Waals surface area contributed by atoms with Gasteiger partial charge in [-0.3, -0.25) is 0 Å². The largest absolute Gasteiger partial charge is 0.497 e. The van der Waals surface area contributed by atoms with E-state index in [-0.39, 0.29) is 12.1 Å². The van der Waals surface area contributed by atoms with Gasteiger partial charge in [-0.1, -0.05) is 44.2 Å². The Balaban J connectivity index is 1.66. The fourth-order valence-corrected chi connectivity index (χ4v) is 4.86. The number of para-hydroxylation sites is 1. The monoisotopic (exact) mass is 483 g/mol. The van der Waals surface area contributed by atoms with Crippen molar-refractivity contribution < 1.29 is 9.53 Å². The molecule has 1 aliphatic heterocycles. The molecule has 2 aromatic heterocycles. The lowest BCUT2D eigenvalue weighted by Gasteiger charge is -2.31. The number of carbonyl (C=O) groups is 1. The molecule has 1 aliphatic rings. The van der Waals surface area contributed by atoms with Crippen LogP contribution in [0.25, 0.3) is 11.5 Å². The molecule has 2 amide bonds. The maximum Gasteiger partial charge on any atom is 0.318 e. The Hall–Kier alpha value is -4.00. The van der Waals surface area contributed by atoms with Crippen molar-refractivity contribution in [1.29, 1.82) is 0 Å². The number of nitrogens with zero attached hydrogens (tertiary/aromatic N) is 4. The maximum absolute atomic E-state index is 13.7. The molecule has 4 aromatic rings. The van der Waals surface area contributed by atoms with Gasteiger partial charge in [0.15, 0.2) is 0 Å². The topological polar surface area (TPSA) is 64.3 Å². The standard InChI is InChI=1S/C29H33N5O2/c1-20(2)16-17-30-29(35)33-19-25-21(3)31-34(23-9-6-5-7-10-23)28(25)32-18-8-11-26(32)27(33)22-12-14-24(36-4)15-13-22/h5-15,18,20,27H,16-17,19H2,1-4H3,(H,30,35). The summed E-state index contributed by atoms with van der Waals surface area (Å²) in [6, 6.07) is 21.9. The molecular formula is C29H33N5O2. The van der Waals surface area contributed by atoms with Crippen LogP contribution in [-0.2, 0) is 6.54 Å². The number of aromatic nitrogens is 3. The number of methoxy groups -OCH3 is 1. The van der Waals surface area contributed by atoms with Gasteiger partial charge in [0.05, 0.1) is 36.8 Å². The molecular weight excluding hydrogens is 450 g/mol. The minimum atomic E-state index is -0.277. The number of aryl methyl sites for hydroxylation is 1. The third-order valence-corrected chi connectivity index (χ3v) is 6.78. The number of ether oxygens (including phenoxy) is 1. The zero-order valence-electron chi connectivity index (χ0n) is 21.3. The molecule has 0 bridgehead atoms. The number of nitrogens with one attached hydrogen (secondary N) is 1. The second-order valence-corrected chi connectivity index (χ2v) is 9.66. The second-order valence-electron chi connectivity index (χ2n) is 9.66. The molecule has 0 fully saturated rings. The molecule has 1 atom stereocenters. The number of hydrogen-bond acceptors (Lipinski definition) is 3. The van der Waals surface area contributed by atoms with E-state index in [2.05, 4.69) is 48.1 Å². The highest BCUT2D eigenvalue weighted by atomic mass is 16.5. The van der Waals surface area contributed by atoms with Crippen LogP contribution in [0, 0.1) is 12.8 Å². The molecule has 0 saturated heterocycles. The lowest BCUT2D eigenvalue weighted by molar-refractivity contribution is 0.180. The summed E-state index contributed by atoms with van der Waals surface area (Å²) in [4.78, 5) is 15.7. The van der Waals surface area contributed by atoms with Gasteiger partial charge < -0.3 is 19.5 Å². The van der Waals surface area contributed by atoms with Crippen molar-refractivity contribution >= 4 is 6.03 Å². The van der Waals surface area contributed by atoms with Crippen molar-refractivity contribution in [3.05, 3.63) is 95.4 Å². The summed E-state index contributed by atoms with van der Waals surface area (Å²) in [5.41, 5.74) is 4.96. The molecule has 0 radical (unpaired) electrons. The number of benzene rings is 2. The number of carbonyl (C=O) groups excluding carboxylic acids is 1. The third kappa shape index (κ3) is 4.37. The maximum atomic E-state index is 13.7. The fraction of sp³-hybridized carbons (Fsp3) is 0.310. The lowest BCUT2D eigenvalue weighted by Crippen LogP contribution is -2.42. The van der Waals surface area contributed by atoms with E-state index in [1.807, 2.05) is 65.0 Å². The average molecular weight is 484 g/mol. The Bertz CT molecular complexity index is 1340. The highest BCUT2D eigenvalue weighted by Crippen LogP contribution is 2.38. The molecule has 0 saturated carbocycles. The van der Waals surface area contributed by atoms with E-state index in [1.165, 1.54) is 0 Å². The number of hydrogen-bond donors (Lipinski definition) is 1. The van der Waals surface area contributed by atoms with Crippen LogP contribution < -0.4 is 10.1 Å². The van der Waals surface area contributed by atoms with E-state index < -0.39 is 0 Å². The average Bonchev–Trinajstić information content (AvgIpc) is 3.45. The smallest absolute Gasteiger partial charge is 0.318 e. The Morgan fingerprint density at radius 2 is 1.83 bits per heavy atom. The van der Waals surface area contributed by atoms with Crippen molar-refractivity contribution in [1.82, 2.24) is 24.6 Å². The van der Waals surface area contributed by atoms with Crippen molar-refractivity contribution in [2.45, 2.75) is 39.8 Å². The van der Waals surface area contributed by atoms with Gasteiger partial charge in [-0.05, 0) is 61.2 Å². The zero-order valence-corrected chi connectivity index (χ0v) is 21.3. The molecule has 5 rings (SSSR count). The van der Waals surface area contributed by atoms with Crippen molar-refractivity contribution in [2.24, 2.45) is 5.92 Å². The lowest BCUT2D eigenvalue weighted by atomic mass is 10.0. The highest BCUT2D eigenvalue weighted by molar-refractivity contribution is 5.76. The van der Waals surface area contributed by atoms with Gasteiger partial charge in [0.2, 0.25) is 0 Å². The summed E-state index contributed by atoms with van der Waals surface area (Å²) >= 11 is 0. The number of fused-ring (bicyclic) bond motifs is 3. The van der Waals surface area contributed by atoms with E-state index in [0.29, 0.717) is 19.0 Å². The van der Waals surface area contributed by atoms with Gasteiger partial charge in [0.25, 0.3) is 0 Å². The molecule has 0 aliphatic carbocycles. The van der Waals surface area contributed by atoms with Gasteiger partial charge in [-0.25, -0.2) is 9.48 Å². The minimum absolute atomic E-state index is 0.0797. The Morgan fingerprint density at radius 3 is 2.53 bits per heavy atom. The van der Waals surface area contributed by atoms with Crippen LogP contribution in [0.15, 0.2) is 72.9 Å². The number of amides is 2. The minimum Gasteiger partial charge on any atom is -0.497 e. The van der Waals surface area contributed by atoms with Crippen LogP contribution in [0.2, 0.25) is 0 Å². The van der Waals surface area contributed by atoms with Gasteiger partial charge in [0, 0.05) is 18.3 Å². The van der Waals surface area contributed by atoms with E-state index >= 15 is 0 Å². The van der Waals surface area contributed by atoms with Crippen LogP contribution in [0.5, 0.6) is 5.75 Å². The van der Waals surface area contributed by atoms with Crippen molar-refractivity contribution in [2.75, 3.05) is 13.7 Å². The first kappa shape index (κ1) is 23.7. The molecule has 7 nitrogen and oxygen atoms in total. The summed E-state index contributed by atoms with van der Waals surface area (Å²) in [5.74, 6) is 2.27. The summed E-state index contributed by atoms with van der Waals surface area (Å²) < 4.78 is 9.56. The summed E-state index contributed by atoms with van der Waals surface area (Å²) in [6.07, 6.45) is 2.99. The molecule has 1 N–H and O–H groups in total. The fourth-order valence-electron chi connectivity index (χ4n) is 4.86. The predicted molar refractivity (Wildman–Crippen MR) is 141 cm³/mol. The van der Waals surface area contributed by atoms with Crippen LogP contribution in [0.1, 0.15) is 48.8 Å². The van der Waals surface area contributed by atoms with Gasteiger partial charge in [-0.2, -0.15) is 5.10 Å². The summed E-state index contributed by atoms with van der Waals surface area (Å²) in [5, 5.41) is 8.07. The molecule has 186 valence electrons. The SMILES string of the molecule is COc1ccc(C2c3cccn3-c3c(c(C)nn3-c3ccccc3)CN2C(=O)NCCC(C)C)cc1. The van der Waals surface area contributed by atoms with Crippen LogP contribution in [0.3, 0.4) is 0 Å². The van der Waals surface area contributed by atoms with Crippen molar-refractivity contribution in [3.8, 4) is 17.3 Å². The molecule has 2 aromatic carbocycles. The zero-order chi connectivity index (χ0) is 25.2. The summed E-state index contributed by atoms with van der Waals surface area (Å²) in [7, 11) is 1.66. The van der Waals surface area contributed by atoms with E-state index in [0.717, 1.165) is 46.2 Å². The van der Waals surface area contributed by atoms with Crippen LogP contribution >= 0.6 is 0 Å². The molecule has 3 heterocycles. The molecule has 7 heteroatoms. The van der Waals surface area contributed by atoms with E-state index in [9.17, 15) is 4.79 Å². The Labute approximate surface area is 212 Å². The van der Waals surface area contributed by atoms with Crippen LogP contribution in [-0.4, -0.2) is 38.9 Å². The Morgan fingerprint density at radius 1 is 1.08 bits per heavy atom. The first-order chi connectivity index (χ1) is 17.5. The van der Waals surface area contributed by atoms with E-state index in [4.69, 9.17) is 9.84 Å². The Kier molecular flexibility index (Phi) is 6.55. The molecule has 0 spiro atoms. The van der Waals surface area contributed by atoms with Crippen molar-refractivity contribution in [3.63, 3.8) is 0 Å². The van der Waals surface area contributed by atoms with Crippen LogP contribution in [0.4, 0.5) is 4.79 Å². The van der Waals surface area contributed by atoms with Gasteiger partial charge in [-0.15, -0.1) is 0 Å². The number of rotatable bonds is 6. The number of urea groups is 1. The van der Waals surface area contributed by atoms with Gasteiger partial charge in [0.1, 0.15) is 11.6 Å². The second kappa shape index (κ2) is 9.93. The van der Waals surface area contributed by atoms with Gasteiger partial charge >= 0.3 is 6.03 Å². The summed E-state index contributed by atoms with van der Waals surface area (Å²) in [6.45, 7) is 7.43. The molecule has 36 heavy (non-hydrogen) atoms. The quantitative estimate of drug-likeness (QED) is 0.386. The molecule has 1 unspecified atom stereocenters. The first-order valence-electron chi connectivity index (χ1n) is 12.5. The predicted octanol–water partition coefficient (Wildman–Crippen LogP) is 5.64. The normalized spacial score (nSPS) is 14.8. The third-order valence-electron chi connectivity index (χ3n) is 6.78. The van der Waals surface area contributed by atoms with E-state index in [1.54, 1.807) is 7.11 Å².